The van der Waals surface area contributed by atoms with E-state index in [1.165, 1.54) is 0 Å². The molecule has 0 bridgehead atoms. The normalized spacial score (nSPS) is 11.5. The number of benzene rings is 5. The van der Waals surface area contributed by atoms with Crippen LogP contribution in [0.15, 0.2) is 169 Å². The van der Waals surface area contributed by atoms with Crippen molar-refractivity contribution in [3.63, 3.8) is 0 Å². The lowest BCUT2D eigenvalue weighted by Gasteiger charge is -2.37. The fourth-order valence-corrected chi connectivity index (χ4v) is 6.08. The summed E-state index contributed by atoms with van der Waals surface area (Å²) in [5.41, 5.74) is 11.2. The van der Waals surface area contributed by atoms with E-state index in [0.717, 1.165) is 38.4 Å². The van der Waals surface area contributed by atoms with Crippen molar-refractivity contribution in [1.29, 1.82) is 0 Å². The van der Waals surface area contributed by atoms with Crippen LogP contribution in [0, 0.1) is 0 Å². The van der Waals surface area contributed by atoms with E-state index < -0.39 is 17.7 Å². The number of ether oxygens (including phenoxy) is 2. The number of imidazole rings is 1. The molecule has 0 fully saturated rings. The number of carbonyl (C=O) groups is 2. The predicted molar refractivity (Wildman–Crippen MR) is 197 cm³/mol. The van der Waals surface area contributed by atoms with Crippen molar-refractivity contribution in [3.8, 4) is 0 Å². The van der Waals surface area contributed by atoms with Crippen molar-refractivity contribution < 1.29 is 19.1 Å². The molecule has 5 aromatic carbocycles. The van der Waals surface area contributed by atoms with Crippen LogP contribution in [0.3, 0.4) is 0 Å². The first kappa shape index (κ1) is 34.4. The highest BCUT2D eigenvalue weighted by molar-refractivity contribution is 5.97. The summed E-state index contributed by atoms with van der Waals surface area (Å²) in [6, 6.07) is 49.6. The lowest BCUT2D eigenvalue weighted by Crippen LogP contribution is -2.43. The third-order valence-electron chi connectivity index (χ3n) is 8.53. The average molecular weight is 678 g/mol. The number of hydrogen-bond acceptors (Lipinski definition) is 5. The Morgan fingerprint density at radius 2 is 1.12 bits per heavy atom. The summed E-state index contributed by atoms with van der Waals surface area (Å²) in [7, 11) is 0. The molecular weight excluding hydrogens is 638 g/mol. The first-order chi connectivity index (χ1) is 25.0. The van der Waals surface area contributed by atoms with Crippen LogP contribution < -0.4 is 5.73 Å². The molecule has 0 unspecified atom stereocenters. The van der Waals surface area contributed by atoms with Crippen molar-refractivity contribution in [3.05, 3.63) is 198 Å². The molecular formula is C42H39N5O4. The third kappa shape index (κ3) is 8.40. The molecule has 6 rings (SSSR count). The monoisotopic (exact) mass is 677 g/mol. The highest BCUT2D eigenvalue weighted by atomic mass is 16.6. The Labute approximate surface area is 297 Å². The summed E-state index contributed by atoms with van der Waals surface area (Å²) in [5, 5.41) is 0. The maximum absolute atomic E-state index is 13.3. The van der Waals surface area contributed by atoms with Gasteiger partial charge in [0.05, 0.1) is 12.0 Å². The predicted octanol–water partition coefficient (Wildman–Crippen LogP) is 7.95. The SMILES string of the molecule is N/C(=N\C(=O)OCc1ccccc1)N(CCCc1cn(C(c2ccccc2)(c2ccccc2)c2ccccc2)cn1)C(=O)OCc1ccccc1. The van der Waals surface area contributed by atoms with Gasteiger partial charge in [-0.15, -0.1) is 4.99 Å². The van der Waals surface area contributed by atoms with Crippen LogP contribution in [-0.2, 0) is 34.6 Å². The molecule has 1 aromatic heterocycles. The largest absolute Gasteiger partial charge is 0.444 e. The molecule has 0 aliphatic heterocycles. The zero-order chi connectivity index (χ0) is 35.3. The topological polar surface area (TPSA) is 112 Å². The zero-order valence-electron chi connectivity index (χ0n) is 28.1. The molecule has 0 saturated heterocycles. The minimum atomic E-state index is -0.907. The van der Waals surface area contributed by atoms with Crippen LogP contribution in [0.4, 0.5) is 9.59 Å². The number of aryl methyl sites for hydroxylation is 1. The number of nitrogens with two attached hydrogens (primary N) is 1. The van der Waals surface area contributed by atoms with Crippen molar-refractivity contribution in [2.45, 2.75) is 31.6 Å². The first-order valence-corrected chi connectivity index (χ1v) is 16.8. The van der Waals surface area contributed by atoms with Gasteiger partial charge in [-0.2, -0.15) is 0 Å². The molecule has 51 heavy (non-hydrogen) atoms. The Hall–Kier alpha value is -6.48. The van der Waals surface area contributed by atoms with E-state index >= 15 is 0 Å². The van der Waals surface area contributed by atoms with Gasteiger partial charge < -0.3 is 19.8 Å². The summed E-state index contributed by atoms with van der Waals surface area (Å²) < 4.78 is 13.0. The van der Waals surface area contributed by atoms with Gasteiger partial charge in [0, 0.05) is 12.7 Å². The van der Waals surface area contributed by atoms with Crippen LogP contribution in [0.5, 0.6) is 0 Å². The number of hydrogen-bond donors (Lipinski definition) is 1. The lowest BCUT2D eigenvalue weighted by atomic mass is 9.77. The second-order valence-electron chi connectivity index (χ2n) is 11.9. The molecule has 0 saturated carbocycles. The van der Waals surface area contributed by atoms with E-state index in [1.54, 1.807) is 0 Å². The van der Waals surface area contributed by atoms with Gasteiger partial charge in [0.1, 0.15) is 18.8 Å². The Balaban J connectivity index is 1.22. The van der Waals surface area contributed by atoms with Gasteiger partial charge in [0.25, 0.3) is 0 Å². The Morgan fingerprint density at radius 1 is 0.667 bits per heavy atom. The fraction of sp³-hybridized carbons (Fsp3) is 0.143. The minimum absolute atomic E-state index is 0.0218. The van der Waals surface area contributed by atoms with Gasteiger partial charge in [-0.05, 0) is 40.7 Å². The summed E-state index contributed by atoms with van der Waals surface area (Å²) >= 11 is 0. The molecule has 6 aromatic rings. The Morgan fingerprint density at radius 3 is 1.61 bits per heavy atom. The fourth-order valence-electron chi connectivity index (χ4n) is 6.08. The average Bonchev–Trinajstić information content (AvgIpc) is 3.66. The molecule has 9 nitrogen and oxygen atoms in total. The maximum Gasteiger partial charge on any atom is 0.437 e. The van der Waals surface area contributed by atoms with Crippen LogP contribution in [-0.4, -0.2) is 39.1 Å². The molecule has 0 aliphatic rings. The summed E-state index contributed by atoms with van der Waals surface area (Å²) in [6.07, 6.45) is 3.24. The standard InChI is InChI=1S/C42H39N5O4/c43-39(45-40(48)50-30-33-17-6-1-7-18-33)47(41(49)51-31-34-19-8-2-9-20-34)28-16-27-38-29-46(32-44-38)42(35-21-10-3-11-22-35,36-23-12-4-13-24-36)37-25-14-5-15-26-37/h1-15,17-26,29,32H,16,27-28,30-31H2,(H2,43,45,48). The molecule has 2 N–H and O–H groups in total. The third-order valence-corrected chi connectivity index (χ3v) is 8.53. The van der Waals surface area contributed by atoms with E-state index in [-0.39, 0.29) is 25.7 Å². The first-order valence-electron chi connectivity index (χ1n) is 16.8. The van der Waals surface area contributed by atoms with E-state index in [1.807, 2.05) is 128 Å². The van der Waals surface area contributed by atoms with Crippen LogP contribution in [0.1, 0.15) is 39.9 Å². The van der Waals surface area contributed by atoms with Gasteiger partial charge in [-0.3, -0.25) is 0 Å². The van der Waals surface area contributed by atoms with Crippen molar-refractivity contribution >= 4 is 18.1 Å². The van der Waals surface area contributed by atoms with Crippen LogP contribution >= 0.6 is 0 Å². The zero-order valence-corrected chi connectivity index (χ0v) is 28.1. The second-order valence-corrected chi connectivity index (χ2v) is 11.9. The number of guanidine groups is 1. The van der Waals surface area contributed by atoms with E-state index in [4.69, 9.17) is 20.2 Å². The lowest BCUT2D eigenvalue weighted by molar-refractivity contribution is 0.115. The summed E-state index contributed by atoms with van der Waals surface area (Å²) in [4.78, 5) is 35.8. The Bertz CT molecular complexity index is 1920. The molecule has 256 valence electrons. The van der Waals surface area contributed by atoms with Crippen molar-refractivity contribution in [1.82, 2.24) is 14.5 Å². The number of nitrogens with zero attached hydrogens (tertiary/aromatic N) is 4. The highest BCUT2D eigenvalue weighted by Gasteiger charge is 2.38. The minimum Gasteiger partial charge on any atom is -0.444 e. The molecule has 2 amide bonds. The van der Waals surface area contributed by atoms with Gasteiger partial charge in [0.15, 0.2) is 0 Å². The molecule has 0 atom stereocenters. The number of aromatic nitrogens is 2. The number of amides is 2. The van der Waals surface area contributed by atoms with Gasteiger partial charge in [0.2, 0.25) is 5.96 Å². The van der Waals surface area contributed by atoms with Gasteiger partial charge >= 0.3 is 12.2 Å². The van der Waals surface area contributed by atoms with E-state index in [9.17, 15) is 9.59 Å². The molecule has 0 radical (unpaired) electrons. The molecule has 1 heterocycles. The quantitative estimate of drug-likeness (QED) is 0.0800. The molecule has 0 spiro atoms. The number of rotatable bonds is 12. The second kappa shape index (κ2) is 16.8. The Kier molecular flexibility index (Phi) is 11.3. The highest BCUT2D eigenvalue weighted by Crippen LogP contribution is 2.40. The number of aliphatic imine (C=N–C) groups is 1. The van der Waals surface area contributed by atoms with Gasteiger partial charge in [-0.1, -0.05) is 152 Å². The van der Waals surface area contributed by atoms with Crippen molar-refractivity contribution in [2.24, 2.45) is 10.7 Å². The van der Waals surface area contributed by atoms with Gasteiger partial charge in [-0.25, -0.2) is 19.5 Å². The number of carbonyl (C=O) groups excluding carboxylic acids is 2. The summed E-state index contributed by atoms with van der Waals surface area (Å²) in [5.74, 6) is -0.312. The molecule has 9 heteroatoms. The maximum atomic E-state index is 13.3. The smallest absolute Gasteiger partial charge is 0.437 e. The van der Waals surface area contributed by atoms with Crippen LogP contribution in [0.25, 0.3) is 0 Å². The molecule has 0 aliphatic carbocycles. The summed E-state index contributed by atoms with van der Waals surface area (Å²) in [6.45, 7) is 0.184. The van der Waals surface area contributed by atoms with E-state index in [0.29, 0.717) is 12.8 Å². The van der Waals surface area contributed by atoms with Crippen LogP contribution in [0.2, 0.25) is 0 Å². The van der Waals surface area contributed by atoms with E-state index in [2.05, 4.69) is 46.0 Å². The van der Waals surface area contributed by atoms with Crippen molar-refractivity contribution in [2.75, 3.05) is 6.54 Å².